The van der Waals surface area contributed by atoms with Gasteiger partial charge >= 0.3 is 0 Å². The van der Waals surface area contributed by atoms with Gasteiger partial charge in [0, 0.05) is 6.54 Å². The molecule has 0 amide bonds. The predicted molar refractivity (Wildman–Crippen MR) is 99.5 cm³/mol. The van der Waals surface area contributed by atoms with Gasteiger partial charge in [0.2, 0.25) is 0 Å². The van der Waals surface area contributed by atoms with Crippen LogP contribution >= 0.6 is 0 Å². The number of hydrogen-bond acceptors (Lipinski definition) is 2. The Morgan fingerprint density at radius 2 is 1.00 bits per heavy atom. The highest BCUT2D eigenvalue weighted by Crippen LogP contribution is 2.12. The summed E-state index contributed by atoms with van der Waals surface area (Å²) in [6, 6.07) is 0. The Morgan fingerprint density at radius 1 is 0.636 bits per heavy atom. The summed E-state index contributed by atoms with van der Waals surface area (Å²) < 4.78 is 0. The number of rotatable bonds is 16. The third-order valence-corrected chi connectivity index (χ3v) is 4.27. The molecule has 0 saturated heterocycles. The Kier molecular flexibility index (Phi) is 14.5. The molecule has 0 aliphatic rings. The van der Waals surface area contributed by atoms with Gasteiger partial charge in [-0.05, 0) is 39.8 Å². The minimum Gasteiger partial charge on any atom is -0.389 e. The van der Waals surface area contributed by atoms with Crippen molar-refractivity contribution in [1.82, 2.24) is 4.90 Å². The summed E-state index contributed by atoms with van der Waals surface area (Å²) in [5.41, 5.74) is -0.565. The normalized spacial score (nSPS) is 12.3. The van der Waals surface area contributed by atoms with Gasteiger partial charge in [0.25, 0.3) is 0 Å². The van der Waals surface area contributed by atoms with Crippen molar-refractivity contribution in [1.29, 1.82) is 0 Å². The highest BCUT2D eigenvalue weighted by Gasteiger charge is 2.17. The summed E-state index contributed by atoms with van der Waals surface area (Å²) >= 11 is 0. The third kappa shape index (κ3) is 16.3. The molecule has 0 unspecified atom stereocenters. The molecule has 0 atom stereocenters. The van der Waals surface area contributed by atoms with Gasteiger partial charge in [-0.15, -0.1) is 0 Å². The highest BCUT2D eigenvalue weighted by atomic mass is 16.3. The van der Waals surface area contributed by atoms with Crippen molar-refractivity contribution in [2.45, 2.75) is 110 Å². The van der Waals surface area contributed by atoms with E-state index in [2.05, 4.69) is 18.7 Å². The highest BCUT2D eigenvalue weighted by molar-refractivity contribution is 4.72. The second-order valence-corrected chi connectivity index (χ2v) is 7.62. The maximum Gasteiger partial charge on any atom is 0.0718 e. The molecule has 0 radical (unpaired) electrons. The summed E-state index contributed by atoms with van der Waals surface area (Å²) in [5.74, 6) is 0. The van der Waals surface area contributed by atoms with Crippen molar-refractivity contribution >= 4 is 0 Å². The van der Waals surface area contributed by atoms with E-state index in [0.717, 1.165) is 19.6 Å². The lowest BCUT2D eigenvalue weighted by molar-refractivity contribution is 0.0350. The Labute approximate surface area is 140 Å². The first-order chi connectivity index (χ1) is 10.5. The zero-order valence-corrected chi connectivity index (χ0v) is 16.0. The number of aliphatic hydroxyl groups is 1. The molecule has 2 nitrogen and oxygen atoms in total. The van der Waals surface area contributed by atoms with Crippen LogP contribution in [-0.4, -0.2) is 35.2 Å². The number of hydrogen-bond donors (Lipinski definition) is 1. The Morgan fingerprint density at radius 3 is 1.36 bits per heavy atom. The Hall–Kier alpha value is -0.0800. The second-order valence-electron chi connectivity index (χ2n) is 7.62. The zero-order valence-electron chi connectivity index (χ0n) is 16.0. The molecule has 0 aromatic rings. The van der Waals surface area contributed by atoms with Gasteiger partial charge in [-0.1, -0.05) is 78.1 Å². The molecule has 134 valence electrons. The van der Waals surface area contributed by atoms with Crippen LogP contribution in [0.3, 0.4) is 0 Å². The fourth-order valence-corrected chi connectivity index (χ4v) is 3.05. The fraction of sp³-hybridized carbons (Fsp3) is 1.00. The summed E-state index contributed by atoms with van der Waals surface area (Å²) in [6.45, 7) is 11.5. The van der Waals surface area contributed by atoms with Crippen molar-refractivity contribution < 1.29 is 5.11 Å². The van der Waals surface area contributed by atoms with E-state index < -0.39 is 5.60 Å². The van der Waals surface area contributed by atoms with Crippen LogP contribution in [0.1, 0.15) is 105 Å². The molecule has 0 fully saturated rings. The molecule has 0 rings (SSSR count). The summed E-state index contributed by atoms with van der Waals surface area (Å²) in [7, 11) is 0. The monoisotopic (exact) mass is 313 g/mol. The van der Waals surface area contributed by atoms with Crippen molar-refractivity contribution in [3.63, 3.8) is 0 Å². The van der Waals surface area contributed by atoms with Crippen molar-refractivity contribution in [3.05, 3.63) is 0 Å². The fourth-order valence-electron chi connectivity index (χ4n) is 3.05. The maximum absolute atomic E-state index is 10.1. The first-order valence-electron chi connectivity index (χ1n) is 9.94. The number of unbranched alkanes of at least 4 members (excludes halogenated alkanes) is 10. The molecular weight excluding hydrogens is 270 g/mol. The average molecular weight is 314 g/mol. The standard InChI is InChI=1S/C20H43NO/c1-5-7-9-11-13-15-17-21(19-20(3,4)22)18-16-14-12-10-8-6-2/h22H,5-19H2,1-4H3. The van der Waals surface area contributed by atoms with E-state index in [1.165, 1.54) is 77.0 Å². The molecule has 0 aliphatic carbocycles. The van der Waals surface area contributed by atoms with Crippen molar-refractivity contribution in [2.75, 3.05) is 19.6 Å². The lowest BCUT2D eigenvalue weighted by atomic mass is 10.1. The molecule has 2 heteroatoms. The van der Waals surface area contributed by atoms with Crippen molar-refractivity contribution in [3.8, 4) is 0 Å². The van der Waals surface area contributed by atoms with Gasteiger partial charge in [-0.25, -0.2) is 0 Å². The summed E-state index contributed by atoms with van der Waals surface area (Å²) in [4.78, 5) is 2.49. The number of nitrogens with zero attached hydrogens (tertiary/aromatic N) is 1. The van der Waals surface area contributed by atoms with Crippen molar-refractivity contribution in [2.24, 2.45) is 0 Å². The van der Waals surface area contributed by atoms with Crippen LogP contribution in [0.2, 0.25) is 0 Å². The van der Waals surface area contributed by atoms with E-state index in [4.69, 9.17) is 0 Å². The van der Waals surface area contributed by atoms with Crippen LogP contribution < -0.4 is 0 Å². The smallest absolute Gasteiger partial charge is 0.0718 e. The van der Waals surface area contributed by atoms with E-state index in [1.807, 2.05) is 13.8 Å². The maximum atomic E-state index is 10.1. The van der Waals surface area contributed by atoms with Crippen LogP contribution in [0.15, 0.2) is 0 Å². The minimum atomic E-state index is -0.565. The minimum absolute atomic E-state index is 0.565. The molecule has 0 aromatic carbocycles. The molecule has 22 heavy (non-hydrogen) atoms. The van der Waals surface area contributed by atoms with E-state index in [0.29, 0.717) is 0 Å². The quantitative estimate of drug-likeness (QED) is 0.365. The van der Waals surface area contributed by atoms with E-state index in [9.17, 15) is 5.11 Å². The van der Waals surface area contributed by atoms with Gasteiger partial charge in [-0.2, -0.15) is 0 Å². The van der Waals surface area contributed by atoms with E-state index in [1.54, 1.807) is 0 Å². The molecule has 0 bridgehead atoms. The van der Waals surface area contributed by atoms with Crippen LogP contribution in [0, 0.1) is 0 Å². The topological polar surface area (TPSA) is 23.5 Å². The largest absolute Gasteiger partial charge is 0.389 e. The first-order valence-corrected chi connectivity index (χ1v) is 9.94. The molecule has 0 saturated carbocycles. The molecule has 1 N–H and O–H groups in total. The Balaban J connectivity index is 3.80. The van der Waals surface area contributed by atoms with Crippen LogP contribution in [0.5, 0.6) is 0 Å². The molecule has 0 aliphatic heterocycles. The summed E-state index contributed by atoms with van der Waals surface area (Å²) in [6.07, 6.45) is 16.2. The zero-order chi connectivity index (χ0) is 16.7. The second kappa shape index (κ2) is 14.5. The molecule has 0 spiro atoms. The first kappa shape index (κ1) is 21.9. The third-order valence-electron chi connectivity index (χ3n) is 4.27. The predicted octanol–water partition coefficient (Wildman–Crippen LogP) is 5.78. The van der Waals surface area contributed by atoms with E-state index in [-0.39, 0.29) is 0 Å². The van der Waals surface area contributed by atoms with Gasteiger partial charge < -0.3 is 10.0 Å². The van der Waals surface area contributed by atoms with Gasteiger partial charge in [0.05, 0.1) is 5.60 Å². The average Bonchev–Trinajstić information content (AvgIpc) is 2.44. The van der Waals surface area contributed by atoms with Crippen LogP contribution in [0.25, 0.3) is 0 Å². The lowest BCUT2D eigenvalue weighted by Crippen LogP contribution is -2.39. The molecule has 0 heterocycles. The van der Waals surface area contributed by atoms with E-state index >= 15 is 0 Å². The Bertz CT molecular complexity index is 206. The van der Waals surface area contributed by atoms with Gasteiger partial charge in [0.15, 0.2) is 0 Å². The lowest BCUT2D eigenvalue weighted by Gasteiger charge is -2.29. The van der Waals surface area contributed by atoms with Crippen LogP contribution in [0.4, 0.5) is 0 Å². The molecular formula is C20H43NO. The van der Waals surface area contributed by atoms with Gasteiger partial charge in [0.1, 0.15) is 0 Å². The summed E-state index contributed by atoms with van der Waals surface area (Å²) in [5, 5.41) is 10.1. The molecule has 0 aromatic heterocycles. The van der Waals surface area contributed by atoms with Crippen LogP contribution in [-0.2, 0) is 0 Å². The SMILES string of the molecule is CCCCCCCCN(CCCCCCCC)CC(C)(C)O. The van der Waals surface area contributed by atoms with Gasteiger partial charge in [-0.3, -0.25) is 0 Å².